The van der Waals surface area contributed by atoms with Gasteiger partial charge in [-0.2, -0.15) is 5.10 Å². The minimum Gasteiger partial charge on any atom is -0.390 e. The van der Waals surface area contributed by atoms with Crippen LogP contribution in [0.15, 0.2) is 24.3 Å². The number of rotatable bonds is 2. The number of aromatic nitrogens is 2. The van der Waals surface area contributed by atoms with E-state index in [9.17, 15) is 0 Å². The zero-order valence-corrected chi connectivity index (χ0v) is 9.86. The van der Waals surface area contributed by atoms with Gasteiger partial charge in [0.2, 0.25) is 0 Å². The molecule has 1 aromatic carbocycles. The summed E-state index contributed by atoms with van der Waals surface area (Å²) in [5.74, 6) is 0. The van der Waals surface area contributed by atoms with Crippen molar-refractivity contribution in [3.63, 3.8) is 0 Å². The minimum absolute atomic E-state index is 0.0152. The molecule has 2 rings (SSSR count). The fraction of sp³-hybridized carbons (Fsp3) is 0.308. The Bertz CT molecular complexity index is 515. The zero-order valence-electron chi connectivity index (χ0n) is 9.86. The van der Waals surface area contributed by atoms with Crippen molar-refractivity contribution >= 4 is 0 Å². The molecular formula is C13H16N2O. The first-order valence-electron chi connectivity index (χ1n) is 5.36. The molecule has 1 N–H and O–H groups in total. The molecule has 0 fully saturated rings. The second-order valence-corrected chi connectivity index (χ2v) is 4.14. The monoisotopic (exact) mass is 216 g/mol. The Morgan fingerprint density at radius 2 is 1.94 bits per heavy atom. The minimum atomic E-state index is -0.0152. The Hall–Kier alpha value is -1.61. The van der Waals surface area contributed by atoms with Gasteiger partial charge in [0.25, 0.3) is 0 Å². The summed E-state index contributed by atoms with van der Waals surface area (Å²) in [6, 6.07) is 8.19. The number of hydrogen-bond donors (Lipinski definition) is 1. The lowest BCUT2D eigenvalue weighted by Gasteiger charge is -2.08. The average Bonchev–Trinajstić information content (AvgIpc) is 2.63. The van der Waals surface area contributed by atoms with Gasteiger partial charge in [0.15, 0.2) is 0 Å². The molecule has 1 aromatic heterocycles. The van der Waals surface area contributed by atoms with Crippen LogP contribution in [0.25, 0.3) is 5.69 Å². The number of aryl methyl sites for hydroxylation is 3. The normalized spacial score (nSPS) is 10.8. The topological polar surface area (TPSA) is 38.0 Å². The molecule has 0 unspecified atom stereocenters. The molecular weight excluding hydrogens is 200 g/mol. The highest BCUT2D eigenvalue weighted by atomic mass is 16.3. The lowest BCUT2D eigenvalue weighted by Crippen LogP contribution is -2.02. The molecule has 3 heteroatoms. The lowest BCUT2D eigenvalue weighted by atomic mass is 10.1. The van der Waals surface area contributed by atoms with Gasteiger partial charge >= 0.3 is 0 Å². The molecule has 0 saturated carbocycles. The van der Waals surface area contributed by atoms with Crippen LogP contribution in [0.5, 0.6) is 0 Å². The molecule has 0 aliphatic carbocycles. The molecule has 1 heterocycles. The second kappa shape index (κ2) is 4.10. The Labute approximate surface area is 95.3 Å². The summed E-state index contributed by atoms with van der Waals surface area (Å²) < 4.78 is 1.88. The third kappa shape index (κ3) is 1.86. The van der Waals surface area contributed by atoms with Crippen molar-refractivity contribution in [2.75, 3.05) is 0 Å². The van der Waals surface area contributed by atoms with E-state index < -0.39 is 0 Å². The summed E-state index contributed by atoms with van der Waals surface area (Å²) in [6.45, 7) is 6.11. The summed E-state index contributed by atoms with van der Waals surface area (Å²) in [5, 5.41) is 13.4. The predicted molar refractivity (Wildman–Crippen MR) is 63.7 cm³/mol. The van der Waals surface area contributed by atoms with Crippen molar-refractivity contribution in [3.8, 4) is 5.69 Å². The molecule has 84 valence electrons. The molecule has 0 amide bonds. The Kier molecular flexibility index (Phi) is 2.79. The van der Waals surface area contributed by atoms with Crippen LogP contribution in [-0.2, 0) is 6.61 Å². The molecule has 16 heavy (non-hydrogen) atoms. The first-order valence-corrected chi connectivity index (χ1v) is 5.36. The molecule has 0 aliphatic heterocycles. The largest absolute Gasteiger partial charge is 0.390 e. The molecule has 0 spiro atoms. The van der Waals surface area contributed by atoms with Crippen molar-refractivity contribution in [2.24, 2.45) is 0 Å². The summed E-state index contributed by atoms with van der Waals surface area (Å²) in [6.07, 6.45) is 0. The molecule has 0 bridgehead atoms. The van der Waals surface area contributed by atoms with E-state index in [0.29, 0.717) is 5.69 Å². The van der Waals surface area contributed by atoms with Crippen molar-refractivity contribution in [1.29, 1.82) is 0 Å². The van der Waals surface area contributed by atoms with Gasteiger partial charge in [-0.05, 0) is 44.0 Å². The molecule has 0 saturated heterocycles. The molecule has 3 nitrogen and oxygen atoms in total. The van der Waals surface area contributed by atoms with Gasteiger partial charge in [-0.3, -0.25) is 0 Å². The van der Waals surface area contributed by atoms with Crippen molar-refractivity contribution < 1.29 is 5.11 Å². The van der Waals surface area contributed by atoms with Crippen LogP contribution in [0, 0.1) is 20.8 Å². The molecule has 2 aromatic rings. The van der Waals surface area contributed by atoms with Gasteiger partial charge in [0.05, 0.1) is 18.0 Å². The van der Waals surface area contributed by atoms with Gasteiger partial charge in [-0.1, -0.05) is 12.1 Å². The van der Waals surface area contributed by atoms with Crippen LogP contribution in [0.1, 0.15) is 22.5 Å². The Morgan fingerprint density at radius 1 is 1.19 bits per heavy atom. The predicted octanol–water partition coefficient (Wildman–Crippen LogP) is 2.29. The summed E-state index contributed by atoms with van der Waals surface area (Å²) >= 11 is 0. The van der Waals surface area contributed by atoms with Crippen molar-refractivity contribution in [2.45, 2.75) is 27.4 Å². The quantitative estimate of drug-likeness (QED) is 0.836. The Morgan fingerprint density at radius 3 is 2.56 bits per heavy atom. The van der Waals surface area contributed by atoms with Gasteiger partial charge < -0.3 is 5.11 Å². The van der Waals surface area contributed by atoms with E-state index >= 15 is 0 Å². The third-order valence-electron chi connectivity index (χ3n) is 2.69. The van der Waals surface area contributed by atoms with E-state index in [-0.39, 0.29) is 6.61 Å². The maximum absolute atomic E-state index is 9.07. The van der Waals surface area contributed by atoms with Crippen molar-refractivity contribution in [3.05, 3.63) is 46.8 Å². The highest BCUT2D eigenvalue weighted by molar-refractivity contribution is 5.43. The maximum Gasteiger partial charge on any atom is 0.0886 e. The highest BCUT2D eigenvalue weighted by Gasteiger charge is 2.07. The first-order chi connectivity index (χ1) is 7.61. The standard InChI is InChI=1S/C13H16N2O/c1-9-4-5-10(2)13(6-9)15-11(3)7-12(8-16)14-15/h4-7,16H,8H2,1-3H3. The SMILES string of the molecule is Cc1ccc(C)c(-n2nc(CO)cc2C)c1. The van der Waals surface area contributed by atoms with Gasteiger partial charge in [-0.15, -0.1) is 0 Å². The van der Waals surface area contributed by atoms with E-state index in [1.165, 1.54) is 11.1 Å². The van der Waals surface area contributed by atoms with E-state index in [4.69, 9.17) is 5.11 Å². The lowest BCUT2D eigenvalue weighted by molar-refractivity contribution is 0.276. The zero-order chi connectivity index (χ0) is 11.7. The van der Waals surface area contributed by atoms with Crippen LogP contribution in [-0.4, -0.2) is 14.9 Å². The number of benzene rings is 1. The van der Waals surface area contributed by atoms with Gasteiger partial charge in [-0.25, -0.2) is 4.68 Å². The second-order valence-electron chi connectivity index (χ2n) is 4.14. The summed E-state index contributed by atoms with van der Waals surface area (Å²) in [7, 11) is 0. The van der Waals surface area contributed by atoms with Gasteiger partial charge in [0.1, 0.15) is 0 Å². The highest BCUT2D eigenvalue weighted by Crippen LogP contribution is 2.18. The molecule has 0 atom stereocenters. The average molecular weight is 216 g/mol. The van der Waals surface area contributed by atoms with Crippen LogP contribution >= 0.6 is 0 Å². The van der Waals surface area contributed by atoms with Crippen molar-refractivity contribution in [1.82, 2.24) is 9.78 Å². The van der Waals surface area contributed by atoms with E-state index in [2.05, 4.69) is 37.1 Å². The van der Waals surface area contributed by atoms with Crippen LogP contribution in [0.4, 0.5) is 0 Å². The number of hydrogen-bond acceptors (Lipinski definition) is 2. The Balaban J connectivity index is 2.57. The third-order valence-corrected chi connectivity index (χ3v) is 2.69. The maximum atomic E-state index is 9.07. The first kappa shape index (κ1) is 10.9. The smallest absolute Gasteiger partial charge is 0.0886 e. The molecule has 0 radical (unpaired) electrons. The van der Waals surface area contributed by atoms with Gasteiger partial charge in [0, 0.05) is 5.69 Å². The fourth-order valence-corrected chi connectivity index (χ4v) is 1.81. The van der Waals surface area contributed by atoms with Crippen LogP contribution in [0.3, 0.4) is 0 Å². The van der Waals surface area contributed by atoms with Crippen LogP contribution in [0.2, 0.25) is 0 Å². The number of nitrogens with zero attached hydrogens (tertiary/aromatic N) is 2. The summed E-state index contributed by atoms with van der Waals surface area (Å²) in [4.78, 5) is 0. The number of aliphatic hydroxyl groups excluding tert-OH is 1. The van der Waals surface area contributed by atoms with E-state index in [0.717, 1.165) is 11.4 Å². The fourth-order valence-electron chi connectivity index (χ4n) is 1.81. The summed E-state index contributed by atoms with van der Waals surface area (Å²) in [5.41, 5.74) is 5.22. The van der Waals surface area contributed by atoms with E-state index in [1.807, 2.05) is 17.7 Å². The molecule has 0 aliphatic rings. The number of aliphatic hydroxyl groups is 1. The van der Waals surface area contributed by atoms with Crippen LogP contribution < -0.4 is 0 Å². The van der Waals surface area contributed by atoms with E-state index in [1.54, 1.807) is 0 Å².